The summed E-state index contributed by atoms with van der Waals surface area (Å²) >= 11 is 0. The molecule has 25 heavy (non-hydrogen) atoms. The average molecular weight is 361 g/mol. The maximum atomic E-state index is 10.2. The molecule has 1 heterocycles. The van der Waals surface area contributed by atoms with Crippen LogP contribution >= 0.6 is 0 Å². The summed E-state index contributed by atoms with van der Waals surface area (Å²) in [4.78, 5) is 2.24. The van der Waals surface area contributed by atoms with Gasteiger partial charge in [0.2, 0.25) is 0 Å². The highest BCUT2D eigenvalue weighted by molar-refractivity contribution is 5.82. The highest BCUT2D eigenvalue weighted by atomic mass is 16.6. The Morgan fingerprint density at radius 3 is 2.32 bits per heavy atom. The lowest BCUT2D eigenvalue weighted by atomic mass is 9.92. The van der Waals surface area contributed by atoms with Crippen molar-refractivity contribution in [2.24, 2.45) is 5.10 Å². The zero-order valence-corrected chi connectivity index (χ0v) is 15.9. The van der Waals surface area contributed by atoms with E-state index in [2.05, 4.69) is 29.3 Å². The highest BCUT2D eigenvalue weighted by Crippen LogP contribution is 2.24. The number of aliphatic hydroxyl groups excluding tert-OH is 3. The first-order valence-corrected chi connectivity index (χ1v) is 9.20. The number of aliphatic hydroxyl groups is 3. The largest absolute Gasteiger partial charge is 0.388 e. The lowest BCUT2D eigenvalue weighted by molar-refractivity contribution is -0.230. The zero-order valence-electron chi connectivity index (χ0n) is 15.9. The van der Waals surface area contributed by atoms with Crippen LogP contribution in [0.5, 0.6) is 0 Å². The van der Waals surface area contributed by atoms with Gasteiger partial charge in [0.1, 0.15) is 24.4 Å². The molecular weight excluding hydrogens is 326 g/mol. The molecule has 0 aliphatic carbocycles. The summed E-state index contributed by atoms with van der Waals surface area (Å²) in [6, 6.07) is 0. The van der Waals surface area contributed by atoms with Gasteiger partial charge in [-0.15, -0.1) is 0 Å². The van der Waals surface area contributed by atoms with Crippen LogP contribution in [0.3, 0.4) is 0 Å². The summed E-state index contributed by atoms with van der Waals surface area (Å²) in [5.41, 5.74) is 3.62. The molecule has 1 saturated heterocycles. The predicted molar refractivity (Wildman–Crippen MR) is 96.7 cm³/mol. The molecule has 0 radical (unpaired) electrons. The Balaban J connectivity index is 2.52. The smallest absolute Gasteiger partial charge is 0.111 e. The van der Waals surface area contributed by atoms with Gasteiger partial charge in [0, 0.05) is 25.2 Å². The summed E-state index contributed by atoms with van der Waals surface area (Å²) < 4.78 is 11.4. The molecule has 0 aromatic heterocycles. The molecule has 0 saturated carbocycles. The second-order valence-corrected chi connectivity index (χ2v) is 6.35. The van der Waals surface area contributed by atoms with Gasteiger partial charge < -0.3 is 35.1 Å². The molecule has 1 aliphatic rings. The van der Waals surface area contributed by atoms with Crippen molar-refractivity contribution in [3.8, 4) is 0 Å². The van der Waals surface area contributed by atoms with Gasteiger partial charge >= 0.3 is 0 Å². The maximum Gasteiger partial charge on any atom is 0.111 e. The summed E-state index contributed by atoms with van der Waals surface area (Å²) in [5, 5.41) is 34.5. The number of hydrogen-bond donors (Lipinski definition) is 4. The average Bonchev–Trinajstić information content (AvgIpc) is 2.61. The summed E-state index contributed by atoms with van der Waals surface area (Å²) in [5.74, 6) is 0. The first kappa shape index (κ1) is 22.3. The Labute approximate surface area is 150 Å². The molecule has 8 heteroatoms. The van der Waals surface area contributed by atoms with Gasteiger partial charge in [0.05, 0.1) is 19.3 Å². The summed E-state index contributed by atoms with van der Waals surface area (Å²) in [6.45, 7) is 12.1. The molecule has 0 spiro atoms. The van der Waals surface area contributed by atoms with Crippen molar-refractivity contribution in [2.75, 3.05) is 39.4 Å². The van der Waals surface area contributed by atoms with Crippen molar-refractivity contribution in [3.63, 3.8) is 0 Å². The number of rotatable bonds is 11. The van der Waals surface area contributed by atoms with E-state index in [9.17, 15) is 15.3 Å². The number of nitrogens with zero attached hydrogens (tertiary/aromatic N) is 2. The first-order valence-electron chi connectivity index (χ1n) is 9.20. The van der Waals surface area contributed by atoms with E-state index in [0.29, 0.717) is 19.6 Å². The molecular formula is C17H35N3O5. The van der Waals surface area contributed by atoms with Crippen LogP contribution in [0.25, 0.3) is 0 Å². The quantitative estimate of drug-likeness (QED) is 0.225. The zero-order chi connectivity index (χ0) is 18.8. The minimum absolute atomic E-state index is 0.173. The van der Waals surface area contributed by atoms with Gasteiger partial charge in [-0.25, -0.2) is 0 Å². The monoisotopic (exact) mass is 361 g/mol. The molecule has 0 aromatic rings. The van der Waals surface area contributed by atoms with Crippen LogP contribution in [-0.4, -0.2) is 95.8 Å². The second kappa shape index (κ2) is 11.8. The van der Waals surface area contributed by atoms with Crippen LogP contribution in [0.15, 0.2) is 5.10 Å². The van der Waals surface area contributed by atoms with Gasteiger partial charge in [-0.2, -0.15) is 5.10 Å². The van der Waals surface area contributed by atoms with E-state index in [1.807, 2.05) is 13.8 Å². The van der Waals surface area contributed by atoms with E-state index in [-0.39, 0.29) is 6.61 Å². The maximum absolute atomic E-state index is 10.2. The van der Waals surface area contributed by atoms with Crippen LogP contribution in [-0.2, 0) is 9.47 Å². The van der Waals surface area contributed by atoms with E-state index in [1.54, 1.807) is 0 Å². The molecule has 1 rings (SSSR count). The third-order valence-electron chi connectivity index (χ3n) is 4.46. The number of hydrogen-bond acceptors (Lipinski definition) is 8. The van der Waals surface area contributed by atoms with Crippen LogP contribution in [0, 0.1) is 0 Å². The molecule has 8 nitrogen and oxygen atoms in total. The van der Waals surface area contributed by atoms with E-state index >= 15 is 0 Å². The molecule has 0 bridgehead atoms. The molecule has 1 aliphatic heterocycles. The van der Waals surface area contributed by atoms with Crippen LogP contribution in [0.2, 0.25) is 0 Å². The fraction of sp³-hybridized carbons (Fsp3) is 0.941. The Bertz CT molecular complexity index is 392. The van der Waals surface area contributed by atoms with Crippen molar-refractivity contribution >= 4 is 5.71 Å². The molecule has 5 unspecified atom stereocenters. The molecule has 0 amide bonds. The molecule has 1 fully saturated rings. The van der Waals surface area contributed by atoms with Crippen molar-refractivity contribution in [1.82, 2.24) is 10.3 Å². The number of hydrazone groups is 1. The minimum atomic E-state index is -1.26. The Morgan fingerprint density at radius 1 is 1.08 bits per heavy atom. The fourth-order valence-corrected chi connectivity index (χ4v) is 2.82. The van der Waals surface area contributed by atoms with E-state index in [0.717, 1.165) is 25.3 Å². The van der Waals surface area contributed by atoms with Crippen LogP contribution in [0.1, 0.15) is 34.1 Å². The molecule has 4 N–H and O–H groups in total. The van der Waals surface area contributed by atoms with Gasteiger partial charge in [-0.1, -0.05) is 13.8 Å². The van der Waals surface area contributed by atoms with Gasteiger partial charge in [-0.3, -0.25) is 0 Å². The summed E-state index contributed by atoms with van der Waals surface area (Å²) in [7, 11) is 0. The minimum Gasteiger partial charge on any atom is -0.388 e. The number of likely N-dealkylation sites (N-methyl/N-ethyl adjacent to an activating group) is 1. The lowest BCUT2D eigenvalue weighted by Crippen LogP contribution is -2.59. The predicted octanol–water partition coefficient (Wildman–Crippen LogP) is -0.430. The molecule has 5 atom stereocenters. The fourth-order valence-electron chi connectivity index (χ4n) is 2.82. The third-order valence-corrected chi connectivity index (χ3v) is 4.46. The SMILES string of the molecule is CCN/N=C(\C)CC1OC(COCCN(CC)CC)C(O)C(O)C1O. The van der Waals surface area contributed by atoms with Crippen molar-refractivity contribution in [2.45, 2.75) is 64.6 Å². The van der Waals surface area contributed by atoms with Crippen LogP contribution in [0.4, 0.5) is 0 Å². The molecule has 0 aromatic carbocycles. The van der Waals surface area contributed by atoms with Crippen molar-refractivity contribution in [1.29, 1.82) is 0 Å². The first-order chi connectivity index (χ1) is 11.9. The summed E-state index contributed by atoms with van der Waals surface area (Å²) in [6.07, 6.45) is -4.53. The van der Waals surface area contributed by atoms with Gasteiger partial charge in [0.25, 0.3) is 0 Å². The van der Waals surface area contributed by atoms with E-state index in [4.69, 9.17) is 9.47 Å². The van der Waals surface area contributed by atoms with Gasteiger partial charge in [0.15, 0.2) is 0 Å². The van der Waals surface area contributed by atoms with E-state index in [1.165, 1.54) is 0 Å². The number of nitrogens with one attached hydrogen (secondary N) is 1. The van der Waals surface area contributed by atoms with Crippen molar-refractivity contribution < 1.29 is 24.8 Å². The third kappa shape index (κ3) is 7.16. The highest BCUT2D eigenvalue weighted by Gasteiger charge is 2.43. The lowest BCUT2D eigenvalue weighted by Gasteiger charge is -2.40. The Hall–Kier alpha value is -0.770. The van der Waals surface area contributed by atoms with Gasteiger partial charge in [-0.05, 0) is 26.9 Å². The number of ether oxygens (including phenoxy) is 2. The molecule has 148 valence electrons. The van der Waals surface area contributed by atoms with E-state index < -0.39 is 30.5 Å². The second-order valence-electron chi connectivity index (χ2n) is 6.35. The van der Waals surface area contributed by atoms with Crippen LogP contribution < -0.4 is 5.43 Å². The Morgan fingerprint density at radius 2 is 1.72 bits per heavy atom. The topological polar surface area (TPSA) is 107 Å². The standard InChI is InChI=1S/C17H35N3O5/c1-5-18-19-12(4)10-13-15(21)17(23)16(22)14(25-13)11-24-9-8-20(6-2)7-3/h13-18,21-23H,5-11H2,1-4H3/b19-12+. The van der Waals surface area contributed by atoms with Crippen molar-refractivity contribution in [3.05, 3.63) is 0 Å². The normalized spacial score (nSPS) is 30.7. The Kier molecular flexibility index (Phi) is 10.5.